The highest BCUT2D eigenvalue weighted by molar-refractivity contribution is 7.92. The number of Topliss-reactive ketones (excluding diaryl/α,β-unsaturated/α-hetero) is 1. The lowest BCUT2D eigenvalue weighted by Gasteiger charge is -2.31. The molecule has 144 valence electrons. The third-order valence-electron chi connectivity index (χ3n) is 4.73. The van der Waals surface area contributed by atoms with Gasteiger partial charge < -0.3 is 4.90 Å². The van der Waals surface area contributed by atoms with Crippen LogP contribution in [-0.2, 0) is 16.4 Å². The second-order valence-electron chi connectivity index (χ2n) is 6.88. The number of sulfonamides is 1. The largest absolute Gasteiger partial charge is 0.303 e. The van der Waals surface area contributed by atoms with Crippen LogP contribution in [-0.4, -0.2) is 55.0 Å². The SMILES string of the molecule is CS(=O)(=O)Nc1ccc(C(=O)C2CCN(CCc3cnccn3)CC2)cc1. The van der Waals surface area contributed by atoms with Gasteiger partial charge >= 0.3 is 0 Å². The first kappa shape index (κ1) is 19.4. The number of aromatic nitrogens is 2. The average Bonchev–Trinajstić information content (AvgIpc) is 2.66. The Balaban J connectivity index is 1.49. The number of likely N-dealkylation sites (tertiary alicyclic amines) is 1. The molecule has 1 N–H and O–H groups in total. The Labute approximate surface area is 159 Å². The average molecular weight is 388 g/mol. The fourth-order valence-corrected chi connectivity index (χ4v) is 3.87. The summed E-state index contributed by atoms with van der Waals surface area (Å²) in [5, 5.41) is 0. The lowest BCUT2D eigenvalue weighted by molar-refractivity contribution is 0.0841. The number of anilines is 1. The van der Waals surface area contributed by atoms with Gasteiger partial charge in [0.15, 0.2) is 5.78 Å². The molecule has 0 aliphatic carbocycles. The van der Waals surface area contributed by atoms with Crippen LogP contribution in [0.3, 0.4) is 0 Å². The van der Waals surface area contributed by atoms with E-state index in [2.05, 4.69) is 19.6 Å². The third kappa shape index (κ3) is 5.83. The van der Waals surface area contributed by atoms with Crippen molar-refractivity contribution in [3.05, 3.63) is 54.1 Å². The molecular weight excluding hydrogens is 364 g/mol. The van der Waals surface area contributed by atoms with Crippen molar-refractivity contribution in [2.75, 3.05) is 30.6 Å². The van der Waals surface area contributed by atoms with Crippen molar-refractivity contribution in [1.29, 1.82) is 0 Å². The van der Waals surface area contributed by atoms with Crippen LogP contribution in [0.4, 0.5) is 5.69 Å². The summed E-state index contributed by atoms with van der Waals surface area (Å²) in [6.07, 6.45) is 8.80. The molecule has 1 aliphatic rings. The Morgan fingerprint density at radius 3 is 2.48 bits per heavy atom. The molecule has 8 heteroatoms. The van der Waals surface area contributed by atoms with Crippen molar-refractivity contribution in [2.24, 2.45) is 5.92 Å². The van der Waals surface area contributed by atoms with E-state index in [9.17, 15) is 13.2 Å². The first-order valence-electron chi connectivity index (χ1n) is 9.00. The minimum Gasteiger partial charge on any atom is -0.303 e. The molecule has 1 aromatic heterocycles. The molecule has 0 atom stereocenters. The quantitative estimate of drug-likeness (QED) is 0.729. The van der Waals surface area contributed by atoms with Crippen molar-refractivity contribution >= 4 is 21.5 Å². The summed E-state index contributed by atoms with van der Waals surface area (Å²) in [7, 11) is -3.31. The highest BCUT2D eigenvalue weighted by Crippen LogP contribution is 2.23. The molecular formula is C19H24N4O3S. The van der Waals surface area contributed by atoms with E-state index in [1.807, 2.05) is 0 Å². The zero-order chi connectivity index (χ0) is 19.3. The molecule has 2 heterocycles. The van der Waals surface area contributed by atoms with Gasteiger partial charge in [-0.3, -0.25) is 19.5 Å². The number of hydrogen-bond donors (Lipinski definition) is 1. The van der Waals surface area contributed by atoms with Crippen molar-refractivity contribution in [1.82, 2.24) is 14.9 Å². The Bertz CT molecular complexity index is 862. The molecule has 0 saturated carbocycles. The van der Waals surface area contributed by atoms with Gasteiger partial charge in [-0.1, -0.05) is 0 Å². The molecule has 1 saturated heterocycles. The summed E-state index contributed by atoms with van der Waals surface area (Å²) in [4.78, 5) is 23.4. The molecule has 1 aromatic carbocycles. The summed E-state index contributed by atoms with van der Waals surface area (Å²) in [6, 6.07) is 6.64. The van der Waals surface area contributed by atoms with Gasteiger partial charge in [-0.15, -0.1) is 0 Å². The van der Waals surface area contributed by atoms with Crippen LogP contribution in [0.15, 0.2) is 42.9 Å². The molecule has 7 nitrogen and oxygen atoms in total. The summed E-state index contributed by atoms with van der Waals surface area (Å²) in [5.41, 5.74) is 2.08. The molecule has 3 rings (SSSR count). The van der Waals surface area contributed by atoms with E-state index < -0.39 is 10.0 Å². The summed E-state index contributed by atoms with van der Waals surface area (Å²) in [6.45, 7) is 2.71. The van der Waals surface area contributed by atoms with E-state index in [0.717, 1.165) is 50.8 Å². The van der Waals surface area contributed by atoms with Crippen LogP contribution in [0.25, 0.3) is 0 Å². The van der Waals surface area contributed by atoms with Crippen molar-refractivity contribution < 1.29 is 13.2 Å². The minimum absolute atomic E-state index is 0.0199. The van der Waals surface area contributed by atoms with Gasteiger partial charge in [0.05, 0.1) is 11.9 Å². The Hall–Kier alpha value is -2.32. The summed E-state index contributed by atoms with van der Waals surface area (Å²) in [5.74, 6) is 0.154. The van der Waals surface area contributed by atoms with Crippen molar-refractivity contribution in [3.63, 3.8) is 0 Å². The van der Waals surface area contributed by atoms with Gasteiger partial charge in [0.2, 0.25) is 10.0 Å². The van der Waals surface area contributed by atoms with Gasteiger partial charge in [-0.25, -0.2) is 8.42 Å². The number of rotatable bonds is 7. The van der Waals surface area contributed by atoms with Crippen LogP contribution < -0.4 is 4.72 Å². The van der Waals surface area contributed by atoms with Crippen LogP contribution in [0.1, 0.15) is 28.9 Å². The minimum atomic E-state index is -3.31. The van der Waals surface area contributed by atoms with Crippen molar-refractivity contribution in [2.45, 2.75) is 19.3 Å². The Kier molecular flexibility index (Phi) is 6.18. The van der Waals surface area contributed by atoms with E-state index in [1.165, 1.54) is 0 Å². The molecule has 0 radical (unpaired) electrons. The number of carbonyl (C=O) groups excluding carboxylic acids is 1. The number of benzene rings is 1. The number of nitrogens with zero attached hydrogens (tertiary/aromatic N) is 3. The molecule has 1 aliphatic heterocycles. The van der Waals surface area contributed by atoms with E-state index >= 15 is 0 Å². The number of hydrogen-bond acceptors (Lipinski definition) is 6. The lowest BCUT2D eigenvalue weighted by Crippen LogP contribution is -2.37. The van der Waals surface area contributed by atoms with Crippen LogP contribution in [0.2, 0.25) is 0 Å². The zero-order valence-electron chi connectivity index (χ0n) is 15.3. The maximum absolute atomic E-state index is 12.7. The first-order valence-corrected chi connectivity index (χ1v) is 10.9. The van der Waals surface area contributed by atoms with Gasteiger partial charge in [-0.05, 0) is 50.2 Å². The van der Waals surface area contributed by atoms with E-state index in [1.54, 1.807) is 42.9 Å². The van der Waals surface area contributed by atoms with Gasteiger partial charge in [0, 0.05) is 48.7 Å². The van der Waals surface area contributed by atoms with Gasteiger partial charge in [-0.2, -0.15) is 0 Å². The van der Waals surface area contributed by atoms with Crippen LogP contribution in [0, 0.1) is 5.92 Å². The normalized spacial score (nSPS) is 16.2. The van der Waals surface area contributed by atoms with Gasteiger partial charge in [0.1, 0.15) is 0 Å². The number of piperidine rings is 1. The zero-order valence-corrected chi connectivity index (χ0v) is 16.2. The Morgan fingerprint density at radius 1 is 1.19 bits per heavy atom. The maximum atomic E-state index is 12.7. The standard InChI is InChI=1S/C19H24N4O3S/c1-27(25,26)22-17-4-2-15(3-5-17)19(24)16-6-11-23(12-7-16)13-8-18-14-20-9-10-21-18/h2-5,9-10,14,16,22H,6-8,11-13H2,1H3. The van der Waals surface area contributed by atoms with E-state index in [4.69, 9.17) is 0 Å². The maximum Gasteiger partial charge on any atom is 0.229 e. The van der Waals surface area contributed by atoms with Crippen molar-refractivity contribution in [3.8, 4) is 0 Å². The second kappa shape index (κ2) is 8.58. The number of ketones is 1. The topological polar surface area (TPSA) is 92.3 Å². The van der Waals surface area contributed by atoms with E-state index in [0.29, 0.717) is 11.3 Å². The lowest BCUT2D eigenvalue weighted by atomic mass is 9.89. The number of carbonyl (C=O) groups is 1. The predicted octanol–water partition coefficient (Wildman–Crippen LogP) is 1.99. The summed E-state index contributed by atoms with van der Waals surface area (Å²) >= 11 is 0. The molecule has 0 bridgehead atoms. The summed E-state index contributed by atoms with van der Waals surface area (Å²) < 4.78 is 24.9. The molecule has 2 aromatic rings. The Morgan fingerprint density at radius 2 is 1.89 bits per heavy atom. The predicted molar refractivity (Wildman–Crippen MR) is 104 cm³/mol. The molecule has 27 heavy (non-hydrogen) atoms. The highest BCUT2D eigenvalue weighted by atomic mass is 32.2. The fraction of sp³-hybridized carbons (Fsp3) is 0.421. The van der Waals surface area contributed by atoms with Gasteiger partial charge in [0.25, 0.3) is 0 Å². The third-order valence-corrected chi connectivity index (χ3v) is 5.34. The fourth-order valence-electron chi connectivity index (χ4n) is 3.30. The highest BCUT2D eigenvalue weighted by Gasteiger charge is 2.25. The van der Waals surface area contributed by atoms with Crippen LogP contribution >= 0.6 is 0 Å². The monoisotopic (exact) mass is 388 g/mol. The number of nitrogens with one attached hydrogen (secondary N) is 1. The molecule has 0 amide bonds. The molecule has 0 unspecified atom stereocenters. The second-order valence-corrected chi connectivity index (χ2v) is 8.63. The molecule has 1 fully saturated rings. The molecule has 0 spiro atoms. The first-order chi connectivity index (χ1) is 12.9. The van der Waals surface area contributed by atoms with Crippen LogP contribution in [0.5, 0.6) is 0 Å². The smallest absolute Gasteiger partial charge is 0.229 e. The van der Waals surface area contributed by atoms with E-state index in [-0.39, 0.29) is 11.7 Å².